The quantitative estimate of drug-likeness (QED) is 0.297. The zero-order chi connectivity index (χ0) is 23.8. The van der Waals surface area contributed by atoms with Crippen LogP contribution >= 0.6 is 23.6 Å². The topological polar surface area (TPSA) is 85.9 Å². The number of carbonyl (C=O) groups is 2. The maximum atomic E-state index is 12.6. The zero-order valence-corrected chi connectivity index (χ0v) is 20.1. The van der Waals surface area contributed by atoms with Gasteiger partial charge >= 0.3 is 11.9 Å². The van der Waals surface area contributed by atoms with Crippen molar-refractivity contribution >= 4 is 51.3 Å². The van der Waals surface area contributed by atoms with Crippen LogP contribution in [-0.4, -0.2) is 30.3 Å². The Bertz CT molecular complexity index is 1150. The summed E-state index contributed by atoms with van der Waals surface area (Å²) in [4.78, 5) is 25.3. The SMILES string of the molecule is CCOC(=O)c1sc(NC(=S)Nc2ccccc2Oc2ccccc2)c(C(=O)OCC)c1C. The highest BCUT2D eigenvalue weighted by atomic mass is 32.1. The number of ether oxygens (including phenoxy) is 3. The standard InChI is InChI=1S/C24H24N2O5S2/c1-4-29-22(27)19-15(3)20(23(28)30-5-2)33-21(19)26-24(32)25-17-13-9-10-14-18(17)31-16-11-7-6-8-12-16/h6-14H,4-5H2,1-3H3,(H2,25,26,32). The van der Waals surface area contributed by atoms with Crippen molar-refractivity contribution in [3.8, 4) is 11.5 Å². The highest BCUT2D eigenvalue weighted by Crippen LogP contribution is 2.35. The highest BCUT2D eigenvalue weighted by Gasteiger charge is 2.27. The van der Waals surface area contributed by atoms with Crippen molar-refractivity contribution in [2.45, 2.75) is 20.8 Å². The van der Waals surface area contributed by atoms with Crippen LogP contribution in [0.2, 0.25) is 0 Å². The summed E-state index contributed by atoms with van der Waals surface area (Å²) >= 11 is 6.57. The molecule has 7 nitrogen and oxygen atoms in total. The highest BCUT2D eigenvalue weighted by molar-refractivity contribution is 7.80. The van der Waals surface area contributed by atoms with Crippen LogP contribution in [0.25, 0.3) is 0 Å². The maximum absolute atomic E-state index is 12.6. The second-order valence-corrected chi connectivity index (χ2v) is 8.12. The number of thiophene rings is 1. The largest absolute Gasteiger partial charge is 0.462 e. The van der Waals surface area contributed by atoms with Crippen molar-refractivity contribution in [1.29, 1.82) is 0 Å². The molecule has 0 atom stereocenters. The number of anilines is 2. The van der Waals surface area contributed by atoms with Gasteiger partial charge in [-0.15, -0.1) is 11.3 Å². The molecule has 0 radical (unpaired) electrons. The normalized spacial score (nSPS) is 10.3. The molecule has 1 aromatic heterocycles. The predicted molar refractivity (Wildman–Crippen MR) is 134 cm³/mol. The molecule has 3 rings (SSSR count). The number of thiocarbonyl (C=S) groups is 1. The lowest BCUT2D eigenvalue weighted by molar-refractivity contribution is 0.0527. The first kappa shape index (κ1) is 24.2. The molecule has 2 aromatic carbocycles. The average Bonchev–Trinajstić information content (AvgIpc) is 3.12. The first-order chi connectivity index (χ1) is 15.9. The number of esters is 2. The van der Waals surface area contributed by atoms with Crippen LogP contribution in [0.1, 0.15) is 39.4 Å². The van der Waals surface area contributed by atoms with Crippen LogP contribution in [0.4, 0.5) is 10.7 Å². The van der Waals surface area contributed by atoms with E-state index in [4.69, 9.17) is 26.4 Å². The van der Waals surface area contributed by atoms with Gasteiger partial charge < -0.3 is 24.8 Å². The molecule has 0 amide bonds. The summed E-state index contributed by atoms with van der Waals surface area (Å²) in [5.41, 5.74) is 1.37. The number of hydrogen-bond acceptors (Lipinski definition) is 7. The summed E-state index contributed by atoms with van der Waals surface area (Å²) < 4.78 is 16.2. The summed E-state index contributed by atoms with van der Waals surface area (Å²) in [6.07, 6.45) is 0. The van der Waals surface area contributed by atoms with Gasteiger partial charge in [0.1, 0.15) is 15.6 Å². The molecule has 33 heavy (non-hydrogen) atoms. The number of rotatable bonds is 8. The molecule has 0 saturated carbocycles. The first-order valence-electron chi connectivity index (χ1n) is 10.3. The number of benzene rings is 2. The van der Waals surface area contributed by atoms with Gasteiger partial charge in [-0.25, -0.2) is 9.59 Å². The second kappa shape index (κ2) is 11.4. The van der Waals surface area contributed by atoms with Crippen LogP contribution in [0.3, 0.4) is 0 Å². The van der Waals surface area contributed by atoms with Gasteiger partial charge in [-0.1, -0.05) is 30.3 Å². The fraction of sp³-hybridized carbons (Fsp3) is 0.208. The molecule has 0 aliphatic heterocycles. The van der Waals surface area contributed by atoms with E-state index < -0.39 is 11.9 Å². The third kappa shape index (κ3) is 6.09. The van der Waals surface area contributed by atoms with E-state index in [1.54, 1.807) is 20.8 Å². The van der Waals surface area contributed by atoms with E-state index in [1.165, 1.54) is 0 Å². The molecule has 3 aromatic rings. The zero-order valence-electron chi connectivity index (χ0n) is 18.5. The van der Waals surface area contributed by atoms with Gasteiger partial charge in [0.15, 0.2) is 10.9 Å². The summed E-state index contributed by atoms with van der Waals surface area (Å²) in [5, 5.41) is 6.74. The molecular weight excluding hydrogens is 460 g/mol. The molecule has 0 unspecified atom stereocenters. The van der Waals surface area contributed by atoms with Crippen LogP contribution in [0.15, 0.2) is 54.6 Å². The molecular formula is C24H24N2O5S2. The Morgan fingerprint density at radius 3 is 2.24 bits per heavy atom. The first-order valence-corrected chi connectivity index (χ1v) is 11.5. The van der Waals surface area contributed by atoms with Crippen LogP contribution in [0.5, 0.6) is 11.5 Å². The Balaban J connectivity index is 1.84. The lowest BCUT2D eigenvalue weighted by Gasteiger charge is -2.14. The van der Waals surface area contributed by atoms with Gasteiger partial charge in [0.25, 0.3) is 0 Å². The minimum absolute atomic E-state index is 0.204. The number of hydrogen-bond donors (Lipinski definition) is 2. The third-order valence-corrected chi connectivity index (χ3v) is 5.81. The maximum Gasteiger partial charge on any atom is 0.348 e. The molecule has 0 aliphatic carbocycles. The smallest absolute Gasteiger partial charge is 0.348 e. The lowest BCUT2D eigenvalue weighted by atomic mass is 10.1. The van der Waals surface area contributed by atoms with E-state index in [0.717, 1.165) is 11.3 Å². The molecule has 0 fully saturated rings. The Hall–Kier alpha value is -3.43. The van der Waals surface area contributed by atoms with Crippen LogP contribution < -0.4 is 15.4 Å². The van der Waals surface area contributed by atoms with Crippen molar-refractivity contribution in [1.82, 2.24) is 0 Å². The minimum Gasteiger partial charge on any atom is -0.462 e. The summed E-state index contributed by atoms with van der Waals surface area (Å²) in [6.45, 7) is 5.55. The van der Waals surface area contributed by atoms with E-state index >= 15 is 0 Å². The van der Waals surface area contributed by atoms with Crippen molar-refractivity contribution < 1.29 is 23.8 Å². The summed E-state index contributed by atoms with van der Waals surface area (Å²) in [6, 6.07) is 16.7. The summed E-state index contributed by atoms with van der Waals surface area (Å²) in [5.74, 6) is 0.218. The number of nitrogens with one attached hydrogen (secondary N) is 2. The van der Waals surface area contributed by atoms with E-state index in [0.29, 0.717) is 32.6 Å². The fourth-order valence-corrected chi connectivity index (χ4v) is 4.34. The van der Waals surface area contributed by atoms with Gasteiger partial charge in [-0.3, -0.25) is 0 Å². The van der Waals surface area contributed by atoms with E-state index in [9.17, 15) is 9.59 Å². The Kier molecular flexibility index (Phi) is 8.39. The van der Waals surface area contributed by atoms with Gasteiger partial charge in [-0.2, -0.15) is 0 Å². The summed E-state index contributed by atoms with van der Waals surface area (Å²) in [7, 11) is 0. The Labute approximate surface area is 201 Å². The van der Waals surface area contributed by atoms with Gasteiger partial charge in [0.05, 0.1) is 24.5 Å². The van der Waals surface area contributed by atoms with E-state index in [1.807, 2.05) is 54.6 Å². The molecule has 0 bridgehead atoms. The molecule has 0 saturated heterocycles. The van der Waals surface area contributed by atoms with E-state index in [2.05, 4.69) is 10.6 Å². The van der Waals surface area contributed by atoms with Crippen molar-refractivity contribution in [3.63, 3.8) is 0 Å². The van der Waals surface area contributed by atoms with Crippen molar-refractivity contribution in [2.24, 2.45) is 0 Å². The molecule has 172 valence electrons. The Morgan fingerprint density at radius 2 is 1.55 bits per heavy atom. The number of para-hydroxylation sites is 3. The molecule has 0 spiro atoms. The van der Waals surface area contributed by atoms with Gasteiger partial charge in [0.2, 0.25) is 0 Å². The van der Waals surface area contributed by atoms with E-state index in [-0.39, 0.29) is 23.9 Å². The number of carbonyl (C=O) groups excluding carboxylic acids is 2. The average molecular weight is 485 g/mol. The van der Waals surface area contributed by atoms with Gasteiger partial charge in [-0.05, 0) is 62.8 Å². The van der Waals surface area contributed by atoms with Crippen molar-refractivity contribution in [3.05, 3.63) is 70.6 Å². The predicted octanol–water partition coefficient (Wildman–Crippen LogP) is 6.01. The van der Waals surface area contributed by atoms with Crippen LogP contribution in [0, 0.1) is 6.92 Å². The second-order valence-electron chi connectivity index (χ2n) is 6.69. The molecule has 0 aliphatic rings. The molecule has 1 heterocycles. The van der Waals surface area contributed by atoms with Crippen molar-refractivity contribution in [2.75, 3.05) is 23.8 Å². The third-order valence-electron chi connectivity index (χ3n) is 4.42. The van der Waals surface area contributed by atoms with Gasteiger partial charge in [0, 0.05) is 0 Å². The lowest BCUT2D eigenvalue weighted by Crippen LogP contribution is -2.20. The van der Waals surface area contributed by atoms with Crippen LogP contribution in [-0.2, 0) is 9.47 Å². The molecule has 9 heteroatoms. The monoisotopic (exact) mass is 484 g/mol. The Morgan fingerprint density at radius 1 is 0.909 bits per heavy atom. The fourth-order valence-electron chi connectivity index (χ4n) is 2.97. The molecule has 2 N–H and O–H groups in total. The minimum atomic E-state index is -0.542.